The lowest BCUT2D eigenvalue weighted by Crippen LogP contribution is -2.10. The van der Waals surface area contributed by atoms with E-state index in [0.29, 0.717) is 5.13 Å². The van der Waals surface area contributed by atoms with Gasteiger partial charge in [0, 0.05) is 11.5 Å². The summed E-state index contributed by atoms with van der Waals surface area (Å²) in [6.07, 6.45) is 3.21. The highest BCUT2D eigenvalue weighted by atomic mass is 32.1. The molecule has 2 aromatic rings. The molecule has 22 heavy (non-hydrogen) atoms. The molecule has 0 unspecified atom stereocenters. The van der Waals surface area contributed by atoms with E-state index in [-0.39, 0.29) is 11.3 Å². The molecular weight excluding hydrogens is 298 g/mol. The van der Waals surface area contributed by atoms with Gasteiger partial charge in [0.25, 0.3) is 0 Å². The van der Waals surface area contributed by atoms with Crippen LogP contribution in [-0.2, 0) is 10.2 Å². The Morgan fingerprint density at radius 1 is 1.23 bits per heavy atom. The van der Waals surface area contributed by atoms with Crippen molar-refractivity contribution in [3.63, 3.8) is 0 Å². The number of nitrogens with one attached hydrogen (secondary N) is 1. The highest BCUT2D eigenvalue weighted by molar-refractivity contribution is 7.15. The summed E-state index contributed by atoms with van der Waals surface area (Å²) in [5.74, 6) is 0.553. The predicted octanol–water partition coefficient (Wildman–Crippen LogP) is 3.50. The van der Waals surface area contributed by atoms with E-state index >= 15 is 0 Å². The predicted molar refractivity (Wildman–Crippen MR) is 89.3 cm³/mol. The number of amides is 1. The lowest BCUT2D eigenvalue weighted by atomic mass is 9.98. The third-order valence-corrected chi connectivity index (χ3v) is 4.10. The van der Waals surface area contributed by atoms with E-state index in [0.717, 1.165) is 16.3 Å². The number of benzene rings is 1. The number of nitrogens with zero attached hydrogens (tertiary/aromatic N) is 2. The van der Waals surface area contributed by atoms with Crippen molar-refractivity contribution in [2.75, 3.05) is 12.4 Å². The molecule has 0 bridgehead atoms. The van der Waals surface area contributed by atoms with Crippen LogP contribution in [-0.4, -0.2) is 23.2 Å². The average molecular weight is 317 g/mol. The van der Waals surface area contributed by atoms with Crippen molar-refractivity contribution < 1.29 is 9.53 Å². The Labute approximate surface area is 134 Å². The van der Waals surface area contributed by atoms with Gasteiger partial charge in [-0.3, -0.25) is 10.1 Å². The third-order valence-electron chi connectivity index (χ3n) is 2.84. The standard InChI is InChI=1S/C16H19N3O2S/c1-16(2,3)14-18-19-15(22-14)17-13(20)10-7-11-5-8-12(21-4)9-6-11/h5-10H,1-4H3,(H,17,19,20)/b10-7+. The zero-order valence-corrected chi connectivity index (χ0v) is 13.9. The molecule has 5 nitrogen and oxygen atoms in total. The van der Waals surface area contributed by atoms with E-state index in [2.05, 4.69) is 36.3 Å². The number of hydrogen-bond acceptors (Lipinski definition) is 5. The molecule has 1 aromatic heterocycles. The Balaban J connectivity index is 1.97. The van der Waals surface area contributed by atoms with Gasteiger partial charge in [0.15, 0.2) is 0 Å². The third kappa shape index (κ3) is 4.39. The first kappa shape index (κ1) is 16.2. The summed E-state index contributed by atoms with van der Waals surface area (Å²) in [6.45, 7) is 6.17. The van der Waals surface area contributed by atoms with E-state index in [9.17, 15) is 4.79 Å². The highest BCUT2D eigenvalue weighted by Gasteiger charge is 2.19. The van der Waals surface area contributed by atoms with E-state index < -0.39 is 0 Å². The smallest absolute Gasteiger partial charge is 0.250 e. The zero-order chi connectivity index (χ0) is 16.2. The molecule has 0 aliphatic carbocycles. The molecule has 1 N–H and O–H groups in total. The van der Waals surface area contributed by atoms with Gasteiger partial charge in [-0.05, 0) is 23.8 Å². The molecule has 1 heterocycles. The van der Waals surface area contributed by atoms with Crippen LogP contribution >= 0.6 is 11.3 Å². The van der Waals surface area contributed by atoms with Crippen LogP contribution in [0.15, 0.2) is 30.3 Å². The number of methoxy groups -OCH3 is 1. The molecular formula is C16H19N3O2S. The van der Waals surface area contributed by atoms with Crippen molar-refractivity contribution in [3.05, 3.63) is 40.9 Å². The largest absolute Gasteiger partial charge is 0.497 e. The molecule has 0 atom stereocenters. The summed E-state index contributed by atoms with van der Waals surface area (Å²) < 4.78 is 5.09. The maximum absolute atomic E-state index is 11.9. The highest BCUT2D eigenvalue weighted by Crippen LogP contribution is 2.27. The Morgan fingerprint density at radius 3 is 2.45 bits per heavy atom. The molecule has 2 rings (SSSR count). The first-order valence-corrected chi connectivity index (χ1v) is 7.67. The molecule has 1 aromatic carbocycles. The summed E-state index contributed by atoms with van der Waals surface area (Å²) in [5, 5.41) is 12.2. The van der Waals surface area contributed by atoms with Gasteiger partial charge in [-0.1, -0.05) is 44.2 Å². The first-order valence-electron chi connectivity index (χ1n) is 6.85. The van der Waals surface area contributed by atoms with Crippen LogP contribution in [0.4, 0.5) is 5.13 Å². The summed E-state index contributed by atoms with van der Waals surface area (Å²) in [6, 6.07) is 7.45. The first-order chi connectivity index (χ1) is 10.4. The molecule has 6 heteroatoms. The molecule has 0 spiro atoms. The van der Waals surface area contributed by atoms with Crippen LogP contribution in [0.2, 0.25) is 0 Å². The summed E-state index contributed by atoms with van der Waals surface area (Å²) in [7, 11) is 1.62. The van der Waals surface area contributed by atoms with E-state index in [1.54, 1.807) is 13.2 Å². The minimum atomic E-state index is -0.229. The average Bonchev–Trinajstić information content (AvgIpc) is 2.94. The van der Waals surface area contributed by atoms with Crippen molar-refractivity contribution >= 4 is 28.5 Å². The fourth-order valence-corrected chi connectivity index (χ4v) is 2.42. The summed E-state index contributed by atoms with van der Waals surface area (Å²) in [5.41, 5.74) is 0.850. The fourth-order valence-electron chi connectivity index (χ4n) is 1.61. The molecule has 116 valence electrons. The normalized spacial score (nSPS) is 11.6. The second kappa shape index (κ2) is 6.70. The maximum Gasteiger partial charge on any atom is 0.250 e. The number of hydrogen-bond donors (Lipinski definition) is 1. The molecule has 0 saturated heterocycles. The van der Waals surface area contributed by atoms with Gasteiger partial charge in [-0.25, -0.2) is 0 Å². The molecule has 0 fully saturated rings. The number of carbonyl (C=O) groups excluding carboxylic acids is 1. The van der Waals surface area contributed by atoms with Gasteiger partial charge in [-0.2, -0.15) is 0 Å². The lowest BCUT2D eigenvalue weighted by Gasteiger charge is -2.12. The Hall–Kier alpha value is -2.21. The van der Waals surface area contributed by atoms with Crippen molar-refractivity contribution in [3.8, 4) is 5.75 Å². The van der Waals surface area contributed by atoms with Crippen molar-refractivity contribution in [2.24, 2.45) is 0 Å². The van der Waals surface area contributed by atoms with Gasteiger partial charge < -0.3 is 4.74 Å². The monoisotopic (exact) mass is 317 g/mol. The Morgan fingerprint density at radius 2 is 1.91 bits per heavy atom. The molecule has 0 aliphatic heterocycles. The summed E-state index contributed by atoms with van der Waals surface area (Å²) in [4.78, 5) is 11.9. The zero-order valence-electron chi connectivity index (χ0n) is 13.1. The van der Waals surface area contributed by atoms with Crippen LogP contribution in [0.25, 0.3) is 6.08 Å². The van der Waals surface area contributed by atoms with Gasteiger partial charge in [0.1, 0.15) is 10.8 Å². The Bertz CT molecular complexity index is 669. The van der Waals surface area contributed by atoms with Crippen molar-refractivity contribution in [2.45, 2.75) is 26.2 Å². The molecule has 0 saturated carbocycles. The molecule has 0 aliphatic rings. The van der Waals surface area contributed by atoms with Gasteiger partial charge >= 0.3 is 0 Å². The fraction of sp³-hybridized carbons (Fsp3) is 0.312. The van der Waals surface area contributed by atoms with Crippen LogP contribution < -0.4 is 10.1 Å². The van der Waals surface area contributed by atoms with Crippen LogP contribution in [0.1, 0.15) is 31.3 Å². The number of rotatable bonds is 4. The summed E-state index contributed by atoms with van der Waals surface area (Å²) >= 11 is 1.39. The number of aromatic nitrogens is 2. The minimum absolute atomic E-state index is 0.0699. The quantitative estimate of drug-likeness (QED) is 0.877. The van der Waals surface area contributed by atoms with Gasteiger partial charge in [0.2, 0.25) is 11.0 Å². The van der Waals surface area contributed by atoms with E-state index in [1.807, 2.05) is 24.3 Å². The van der Waals surface area contributed by atoms with Gasteiger partial charge in [0.05, 0.1) is 7.11 Å². The molecule has 1 amide bonds. The van der Waals surface area contributed by atoms with Crippen LogP contribution in [0, 0.1) is 0 Å². The Kier molecular flexibility index (Phi) is 4.92. The van der Waals surface area contributed by atoms with Crippen LogP contribution in [0.3, 0.4) is 0 Å². The van der Waals surface area contributed by atoms with Crippen molar-refractivity contribution in [1.29, 1.82) is 0 Å². The maximum atomic E-state index is 11.9. The van der Waals surface area contributed by atoms with Gasteiger partial charge in [-0.15, -0.1) is 10.2 Å². The second-order valence-corrected chi connectivity index (χ2v) is 6.74. The number of ether oxygens (including phenoxy) is 1. The van der Waals surface area contributed by atoms with Crippen LogP contribution in [0.5, 0.6) is 5.75 Å². The minimum Gasteiger partial charge on any atom is -0.497 e. The van der Waals surface area contributed by atoms with Crippen molar-refractivity contribution in [1.82, 2.24) is 10.2 Å². The SMILES string of the molecule is COc1ccc(/C=C/C(=O)Nc2nnc(C(C)(C)C)s2)cc1. The second-order valence-electron chi connectivity index (χ2n) is 5.76. The van der Waals surface area contributed by atoms with E-state index in [1.165, 1.54) is 17.4 Å². The molecule has 0 radical (unpaired) electrons. The number of carbonyl (C=O) groups is 1. The topological polar surface area (TPSA) is 64.1 Å². The number of anilines is 1. The van der Waals surface area contributed by atoms with E-state index in [4.69, 9.17) is 4.74 Å². The lowest BCUT2D eigenvalue weighted by molar-refractivity contribution is -0.111.